The van der Waals surface area contributed by atoms with Crippen LogP contribution < -0.4 is 5.32 Å². The van der Waals surface area contributed by atoms with Crippen molar-refractivity contribution in [1.82, 2.24) is 10.3 Å². The second-order valence-corrected chi connectivity index (χ2v) is 3.82. The third-order valence-corrected chi connectivity index (χ3v) is 2.69. The zero-order valence-electron chi connectivity index (χ0n) is 10.1. The summed E-state index contributed by atoms with van der Waals surface area (Å²) in [5, 5.41) is 3.55. The van der Waals surface area contributed by atoms with Crippen molar-refractivity contribution in [2.45, 2.75) is 46.1 Å². The van der Waals surface area contributed by atoms with Crippen molar-refractivity contribution in [2.75, 3.05) is 6.54 Å². The van der Waals surface area contributed by atoms with Crippen molar-refractivity contribution in [3.63, 3.8) is 0 Å². The number of nitrogens with one attached hydrogen (secondary N) is 1. The van der Waals surface area contributed by atoms with E-state index in [1.165, 1.54) is 17.7 Å². The Morgan fingerprint density at radius 3 is 2.73 bits per heavy atom. The van der Waals surface area contributed by atoms with E-state index in [2.05, 4.69) is 37.1 Å². The van der Waals surface area contributed by atoms with Crippen molar-refractivity contribution in [1.29, 1.82) is 0 Å². The van der Waals surface area contributed by atoms with Gasteiger partial charge in [0, 0.05) is 12.2 Å². The lowest BCUT2D eigenvalue weighted by Crippen LogP contribution is -2.23. The fourth-order valence-corrected chi connectivity index (χ4v) is 1.82. The monoisotopic (exact) mass is 206 g/mol. The predicted octanol–water partition coefficient (Wildman–Crippen LogP) is 3.09. The van der Waals surface area contributed by atoms with Crippen molar-refractivity contribution < 1.29 is 0 Å². The van der Waals surface area contributed by atoms with E-state index in [0.29, 0.717) is 6.04 Å². The minimum absolute atomic E-state index is 0.418. The average Bonchev–Trinajstić information content (AvgIpc) is 2.30. The highest BCUT2D eigenvalue weighted by molar-refractivity contribution is 5.22. The Bertz CT molecular complexity index is 284. The zero-order chi connectivity index (χ0) is 11.1. The van der Waals surface area contributed by atoms with Crippen molar-refractivity contribution >= 4 is 0 Å². The number of rotatable bonds is 6. The van der Waals surface area contributed by atoms with Gasteiger partial charge in [0.25, 0.3) is 0 Å². The van der Waals surface area contributed by atoms with Crippen LogP contribution in [0.3, 0.4) is 0 Å². The van der Waals surface area contributed by atoms with Gasteiger partial charge in [0.2, 0.25) is 0 Å². The van der Waals surface area contributed by atoms with E-state index in [1.807, 2.05) is 12.3 Å². The smallest absolute Gasteiger partial charge is 0.0604 e. The molecule has 0 fully saturated rings. The van der Waals surface area contributed by atoms with Crippen LogP contribution in [0.1, 0.15) is 50.9 Å². The van der Waals surface area contributed by atoms with E-state index in [9.17, 15) is 0 Å². The summed E-state index contributed by atoms with van der Waals surface area (Å²) in [6.07, 6.45) is 5.23. The maximum Gasteiger partial charge on any atom is 0.0604 e. The number of nitrogens with zero attached hydrogens (tertiary/aromatic N) is 1. The number of hydrogen-bond donors (Lipinski definition) is 1. The Hall–Kier alpha value is -0.890. The molecule has 1 atom stereocenters. The SMILES string of the molecule is CCCNC(CC)c1ncccc1CC. The molecule has 0 spiro atoms. The molecule has 0 aliphatic carbocycles. The van der Waals surface area contributed by atoms with Crippen LogP contribution in [0.2, 0.25) is 0 Å². The molecule has 2 heteroatoms. The van der Waals surface area contributed by atoms with Gasteiger partial charge >= 0.3 is 0 Å². The first-order valence-corrected chi connectivity index (χ1v) is 6.00. The number of hydrogen-bond acceptors (Lipinski definition) is 2. The molecule has 84 valence electrons. The molecule has 0 radical (unpaired) electrons. The highest BCUT2D eigenvalue weighted by Gasteiger charge is 2.12. The van der Waals surface area contributed by atoms with E-state index < -0.39 is 0 Å². The molecule has 0 aliphatic heterocycles. The van der Waals surface area contributed by atoms with E-state index in [0.717, 1.165) is 19.4 Å². The molecular weight excluding hydrogens is 184 g/mol. The summed E-state index contributed by atoms with van der Waals surface area (Å²) >= 11 is 0. The summed E-state index contributed by atoms with van der Waals surface area (Å²) < 4.78 is 0. The summed E-state index contributed by atoms with van der Waals surface area (Å²) in [5.41, 5.74) is 2.60. The number of aryl methyl sites for hydroxylation is 1. The van der Waals surface area contributed by atoms with Gasteiger partial charge in [0.1, 0.15) is 0 Å². The van der Waals surface area contributed by atoms with Crippen molar-refractivity contribution in [3.8, 4) is 0 Å². The van der Waals surface area contributed by atoms with Gasteiger partial charge in [-0.05, 0) is 37.4 Å². The van der Waals surface area contributed by atoms with E-state index in [1.54, 1.807) is 0 Å². The Morgan fingerprint density at radius 2 is 2.13 bits per heavy atom. The van der Waals surface area contributed by atoms with Crippen LogP contribution >= 0.6 is 0 Å². The summed E-state index contributed by atoms with van der Waals surface area (Å²) in [6, 6.07) is 4.62. The van der Waals surface area contributed by atoms with Gasteiger partial charge in [-0.2, -0.15) is 0 Å². The minimum atomic E-state index is 0.418. The van der Waals surface area contributed by atoms with Gasteiger partial charge in [-0.25, -0.2) is 0 Å². The van der Waals surface area contributed by atoms with Crippen LogP contribution in [0.5, 0.6) is 0 Å². The molecule has 1 N–H and O–H groups in total. The molecule has 1 unspecified atom stereocenters. The third-order valence-electron chi connectivity index (χ3n) is 2.69. The van der Waals surface area contributed by atoms with Crippen LogP contribution in [-0.2, 0) is 6.42 Å². The van der Waals surface area contributed by atoms with Crippen molar-refractivity contribution in [2.24, 2.45) is 0 Å². The van der Waals surface area contributed by atoms with Gasteiger partial charge < -0.3 is 5.32 Å². The van der Waals surface area contributed by atoms with E-state index >= 15 is 0 Å². The molecule has 0 saturated carbocycles. The first-order valence-electron chi connectivity index (χ1n) is 6.00. The Kier molecular flexibility index (Phi) is 5.33. The zero-order valence-corrected chi connectivity index (χ0v) is 10.1. The van der Waals surface area contributed by atoms with Crippen LogP contribution in [0.25, 0.3) is 0 Å². The quantitative estimate of drug-likeness (QED) is 0.773. The van der Waals surface area contributed by atoms with Crippen molar-refractivity contribution in [3.05, 3.63) is 29.6 Å². The Labute approximate surface area is 93.1 Å². The minimum Gasteiger partial charge on any atom is -0.309 e. The van der Waals surface area contributed by atoms with Crippen LogP contribution in [0, 0.1) is 0 Å². The maximum atomic E-state index is 4.51. The second-order valence-electron chi connectivity index (χ2n) is 3.82. The molecule has 0 saturated heterocycles. The molecule has 15 heavy (non-hydrogen) atoms. The van der Waals surface area contributed by atoms with E-state index in [-0.39, 0.29) is 0 Å². The normalized spacial score (nSPS) is 12.7. The fraction of sp³-hybridized carbons (Fsp3) is 0.615. The molecule has 0 bridgehead atoms. The molecule has 0 amide bonds. The standard InChI is InChI=1S/C13H22N2/c1-4-9-14-12(6-3)13-11(5-2)8-7-10-15-13/h7-8,10,12,14H,4-6,9H2,1-3H3. The predicted molar refractivity (Wildman–Crippen MR) is 64.9 cm³/mol. The lowest BCUT2D eigenvalue weighted by Gasteiger charge is -2.18. The Morgan fingerprint density at radius 1 is 1.33 bits per heavy atom. The summed E-state index contributed by atoms with van der Waals surface area (Å²) in [4.78, 5) is 4.51. The first-order chi connectivity index (χ1) is 7.33. The largest absolute Gasteiger partial charge is 0.309 e. The average molecular weight is 206 g/mol. The van der Waals surface area contributed by atoms with E-state index in [4.69, 9.17) is 0 Å². The van der Waals surface area contributed by atoms with Gasteiger partial charge in [-0.3, -0.25) is 4.98 Å². The molecule has 1 heterocycles. The van der Waals surface area contributed by atoms with Gasteiger partial charge in [0.15, 0.2) is 0 Å². The van der Waals surface area contributed by atoms with Gasteiger partial charge in [-0.15, -0.1) is 0 Å². The summed E-state index contributed by atoms with van der Waals surface area (Å²) in [6.45, 7) is 7.66. The number of aromatic nitrogens is 1. The maximum absolute atomic E-state index is 4.51. The fourth-order valence-electron chi connectivity index (χ4n) is 1.82. The number of pyridine rings is 1. The second kappa shape index (κ2) is 6.57. The molecule has 1 aromatic rings. The molecule has 1 aromatic heterocycles. The lowest BCUT2D eigenvalue weighted by atomic mass is 10.0. The summed E-state index contributed by atoms with van der Waals surface area (Å²) in [5.74, 6) is 0. The first kappa shape index (κ1) is 12.2. The molecule has 0 aromatic carbocycles. The summed E-state index contributed by atoms with van der Waals surface area (Å²) in [7, 11) is 0. The molecule has 0 aliphatic rings. The highest BCUT2D eigenvalue weighted by Crippen LogP contribution is 2.18. The lowest BCUT2D eigenvalue weighted by molar-refractivity contribution is 0.503. The molecule has 1 rings (SSSR count). The topological polar surface area (TPSA) is 24.9 Å². The molecular formula is C13H22N2. The van der Waals surface area contributed by atoms with Gasteiger partial charge in [0.05, 0.1) is 5.69 Å². The van der Waals surface area contributed by atoms with Gasteiger partial charge in [-0.1, -0.05) is 26.8 Å². The highest BCUT2D eigenvalue weighted by atomic mass is 14.9. The van der Waals surface area contributed by atoms with Crippen LogP contribution in [0.15, 0.2) is 18.3 Å². The van der Waals surface area contributed by atoms with Crippen LogP contribution in [0.4, 0.5) is 0 Å². The Balaban J connectivity index is 2.80. The van der Waals surface area contributed by atoms with Crippen LogP contribution in [-0.4, -0.2) is 11.5 Å². The third kappa shape index (κ3) is 3.31. The molecule has 2 nitrogen and oxygen atoms in total.